The number of hydrogen-bond acceptors (Lipinski definition) is 5. The highest BCUT2D eigenvalue weighted by Gasteiger charge is 2.23. The predicted octanol–water partition coefficient (Wildman–Crippen LogP) is 3.77. The minimum atomic E-state index is -1.67. The van der Waals surface area contributed by atoms with Crippen LogP contribution in [-0.4, -0.2) is 30.3 Å². The molecule has 0 spiro atoms. The van der Waals surface area contributed by atoms with Gasteiger partial charge in [-0.1, -0.05) is 30.0 Å². The number of nitrogens with one attached hydrogen (secondary N) is 1. The van der Waals surface area contributed by atoms with Crippen molar-refractivity contribution in [2.24, 2.45) is 0 Å². The molecule has 2 aromatic heterocycles. The average molecular weight is 459 g/mol. The van der Waals surface area contributed by atoms with Crippen molar-refractivity contribution in [1.82, 2.24) is 19.2 Å². The van der Waals surface area contributed by atoms with Crippen LogP contribution in [0.15, 0.2) is 59.0 Å². The Balaban J connectivity index is 1.70. The molecule has 1 unspecified atom stereocenters. The third-order valence-electron chi connectivity index (χ3n) is 4.73. The zero-order valence-electron chi connectivity index (χ0n) is 16.7. The number of para-hydroxylation sites is 1. The Morgan fingerprint density at radius 2 is 1.94 bits per heavy atom. The van der Waals surface area contributed by atoms with Crippen LogP contribution in [-0.2, 0) is 11.3 Å². The van der Waals surface area contributed by atoms with Crippen molar-refractivity contribution in [3.63, 3.8) is 0 Å². The minimum Gasteiger partial charge on any atom is -0.323 e. The first kappa shape index (κ1) is 21.6. The van der Waals surface area contributed by atoms with Gasteiger partial charge < -0.3 is 5.32 Å². The molecule has 1 atom stereocenters. The number of halogens is 3. The molecule has 0 saturated heterocycles. The molecule has 1 N–H and O–H groups in total. The van der Waals surface area contributed by atoms with Crippen LogP contribution in [0.4, 0.5) is 18.9 Å². The molecule has 0 aliphatic carbocycles. The highest BCUT2D eigenvalue weighted by molar-refractivity contribution is 8.00. The lowest BCUT2D eigenvalue weighted by Crippen LogP contribution is -2.24. The second-order valence-corrected chi connectivity index (χ2v) is 8.12. The normalized spacial score (nSPS) is 12.2. The molecule has 4 rings (SSSR count). The number of thioether (sulfide) groups is 1. The summed E-state index contributed by atoms with van der Waals surface area (Å²) in [7, 11) is 0. The summed E-state index contributed by atoms with van der Waals surface area (Å²) in [6.07, 6.45) is 1.56. The Morgan fingerprint density at radius 3 is 2.69 bits per heavy atom. The summed E-state index contributed by atoms with van der Waals surface area (Å²) in [5.41, 5.74) is -0.172. The van der Waals surface area contributed by atoms with Crippen LogP contribution in [0.3, 0.4) is 0 Å². The monoisotopic (exact) mass is 459 g/mol. The van der Waals surface area contributed by atoms with Crippen LogP contribution < -0.4 is 10.9 Å². The number of amides is 1. The number of aromatic nitrogens is 4. The molecule has 0 bridgehead atoms. The van der Waals surface area contributed by atoms with E-state index >= 15 is 0 Å². The van der Waals surface area contributed by atoms with Gasteiger partial charge in [-0.15, -0.1) is 16.8 Å². The van der Waals surface area contributed by atoms with Gasteiger partial charge in [0.15, 0.2) is 22.6 Å². The molecule has 4 aromatic rings. The molecule has 0 saturated carbocycles. The topological polar surface area (TPSA) is 81.3 Å². The number of anilines is 1. The zero-order valence-corrected chi connectivity index (χ0v) is 17.5. The summed E-state index contributed by atoms with van der Waals surface area (Å²) in [6.45, 7) is 5.42. The van der Waals surface area contributed by atoms with Crippen LogP contribution >= 0.6 is 11.8 Å². The fraction of sp³-hybridized carbons (Fsp3) is 0.143. The molecular weight excluding hydrogens is 443 g/mol. The SMILES string of the molecule is C=CCn1c(=O)c2ccccc2n2c(SC(C)C(=O)Nc3ccc(F)c(F)c3F)nnc12. The van der Waals surface area contributed by atoms with Gasteiger partial charge >= 0.3 is 0 Å². The third-order valence-corrected chi connectivity index (χ3v) is 5.78. The first-order chi connectivity index (χ1) is 15.3. The number of carbonyl (C=O) groups excluding carboxylic acids is 1. The number of hydrogen-bond donors (Lipinski definition) is 1. The number of carbonyl (C=O) groups is 1. The zero-order chi connectivity index (χ0) is 23.0. The number of allylic oxidation sites excluding steroid dienone is 1. The Labute approximate surface area is 183 Å². The molecule has 0 aliphatic heterocycles. The maximum absolute atomic E-state index is 13.9. The molecule has 7 nitrogen and oxygen atoms in total. The van der Waals surface area contributed by atoms with Crippen molar-refractivity contribution >= 4 is 40.0 Å². The summed E-state index contributed by atoms with van der Waals surface area (Å²) < 4.78 is 43.5. The summed E-state index contributed by atoms with van der Waals surface area (Å²) in [5.74, 6) is -4.88. The summed E-state index contributed by atoms with van der Waals surface area (Å²) >= 11 is 1.01. The molecule has 2 aromatic carbocycles. The van der Waals surface area contributed by atoms with Crippen LogP contribution in [0, 0.1) is 17.5 Å². The molecule has 1 amide bonds. The molecule has 32 heavy (non-hydrogen) atoms. The molecule has 0 fully saturated rings. The van der Waals surface area contributed by atoms with Gasteiger partial charge in [-0.2, -0.15) is 0 Å². The fourth-order valence-corrected chi connectivity index (χ4v) is 4.03. The minimum absolute atomic E-state index is 0.210. The van der Waals surface area contributed by atoms with E-state index in [4.69, 9.17) is 0 Å². The fourth-order valence-electron chi connectivity index (χ4n) is 3.17. The third kappa shape index (κ3) is 3.64. The van der Waals surface area contributed by atoms with E-state index in [-0.39, 0.29) is 17.9 Å². The van der Waals surface area contributed by atoms with Crippen molar-refractivity contribution in [1.29, 1.82) is 0 Å². The van der Waals surface area contributed by atoms with Crippen LogP contribution in [0.1, 0.15) is 6.92 Å². The van der Waals surface area contributed by atoms with Gasteiger partial charge in [0.25, 0.3) is 5.56 Å². The molecular formula is C21H16F3N5O2S. The summed E-state index contributed by atoms with van der Waals surface area (Å²) in [6, 6.07) is 8.57. The lowest BCUT2D eigenvalue weighted by Gasteiger charge is -2.13. The second-order valence-electron chi connectivity index (χ2n) is 6.81. The predicted molar refractivity (Wildman–Crippen MR) is 115 cm³/mol. The van der Waals surface area contributed by atoms with Gasteiger partial charge in [0.1, 0.15) is 0 Å². The number of nitrogens with zero attached hydrogens (tertiary/aromatic N) is 4. The van der Waals surface area contributed by atoms with Gasteiger partial charge in [-0.05, 0) is 31.2 Å². The molecule has 2 heterocycles. The van der Waals surface area contributed by atoms with Crippen molar-refractivity contribution in [2.45, 2.75) is 23.9 Å². The van der Waals surface area contributed by atoms with E-state index < -0.39 is 34.3 Å². The summed E-state index contributed by atoms with van der Waals surface area (Å²) in [4.78, 5) is 25.4. The van der Waals surface area contributed by atoms with E-state index in [9.17, 15) is 22.8 Å². The van der Waals surface area contributed by atoms with E-state index in [1.54, 1.807) is 41.7 Å². The van der Waals surface area contributed by atoms with Crippen molar-refractivity contribution < 1.29 is 18.0 Å². The first-order valence-electron chi connectivity index (χ1n) is 9.42. The lowest BCUT2D eigenvalue weighted by atomic mass is 10.2. The Hall–Kier alpha value is -3.60. The van der Waals surface area contributed by atoms with E-state index in [0.717, 1.165) is 23.9 Å². The van der Waals surface area contributed by atoms with Crippen molar-refractivity contribution in [2.75, 3.05) is 5.32 Å². The van der Waals surface area contributed by atoms with E-state index in [1.807, 2.05) is 0 Å². The van der Waals surface area contributed by atoms with Gasteiger partial charge in [0.05, 0.1) is 21.8 Å². The molecule has 164 valence electrons. The van der Waals surface area contributed by atoms with Crippen molar-refractivity contribution in [3.05, 3.63) is 76.9 Å². The average Bonchev–Trinajstić information content (AvgIpc) is 3.20. The maximum atomic E-state index is 13.9. The van der Waals surface area contributed by atoms with Crippen LogP contribution in [0.25, 0.3) is 16.7 Å². The standard InChI is InChI=1S/C21H16F3N5O2S/c1-3-10-28-19(31)12-6-4-5-7-15(12)29-20(28)26-27-21(29)32-11(2)18(30)25-14-9-8-13(22)16(23)17(14)24/h3-9,11H,1,10H2,2H3,(H,25,30). The van der Waals surface area contributed by atoms with Gasteiger partial charge in [0.2, 0.25) is 11.7 Å². The van der Waals surface area contributed by atoms with Crippen LogP contribution in [0.2, 0.25) is 0 Å². The maximum Gasteiger partial charge on any atom is 0.263 e. The summed E-state index contributed by atoms with van der Waals surface area (Å²) in [5, 5.41) is 10.4. The Bertz CT molecular complexity index is 1430. The molecule has 0 radical (unpaired) electrons. The highest BCUT2D eigenvalue weighted by Crippen LogP contribution is 2.27. The lowest BCUT2D eigenvalue weighted by molar-refractivity contribution is -0.115. The number of fused-ring (bicyclic) bond motifs is 3. The number of benzene rings is 2. The second kappa shape index (κ2) is 8.50. The van der Waals surface area contributed by atoms with Crippen molar-refractivity contribution in [3.8, 4) is 0 Å². The van der Waals surface area contributed by atoms with E-state index in [2.05, 4.69) is 22.1 Å². The van der Waals surface area contributed by atoms with Crippen LogP contribution in [0.5, 0.6) is 0 Å². The Morgan fingerprint density at radius 1 is 1.19 bits per heavy atom. The molecule has 0 aliphatic rings. The van der Waals surface area contributed by atoms with Gasteiger partial charge in [0, 0.05) is 6.54 Å². The Kier molecular flexibility index (Phi) is 5.74. The van der Waals surface area contributed by atoms with Gasteiger partial charge in [-0.3, -0.25) is 18.6 Å². The smallest absolute Gasteiger partial charge is 0.263 e. The first-order valence-corrected chi connectivity index (χ1v) is 10.3. The highest BCUT2D eigenvalue weighted by atomic mass is 32.2. The van der Waals surface area contributed by atoms with Gasteiger partial charge in [-0.25, -0.2) is 13.2 Å². The quantitative estimate of drug-likeness (QED) is 0.270. The van der Waals surface area contributed by atoms with E-state index in [0.29, 0.717) is 16.1 Å². The van der Waals surface area contributed by atoms with E-state index in [1.165, 1.54) is 4.57 Å². The number of rotatable bonds is 6. The molecule has 11 heteroatoms. The largest absolute Gasteiger partial charge is 0.323 e.